The number of nitrogens with zero attached hydrogens (tertiary/aromatic N) is 2. The third-order valence-electron chi connectivity index (χ3n) is 3.56. The van der Waals surface area contributed by atoms with Gasteiger partial charge in [-0.25, -0.2) is 0 Å². The molecule has 0 spiro atoms. The molecule has 1 aliphatic rings. The highest BCUT2D eigenvalue weighted by Gasteiger charge is 2.29. The lowest BCUT2D eigenvalue weighted by Crippen LogP contribution is -2.34. The Morgan fingerprint density at radius 3 is 3.06 bits per heavy atom. The highest BCUT2D eigenvalue weighted by atomic mass is 32.2. The molecule has 17 heavy (non-hydrogen) atoms. The average Bonchev–Trinajstić information content (AvgIpc) is 2.95. The zero-order chi connectivity index (χ0) is 12.3. The van der Waals surface area contributed by atoms with Crippen LogP contribution in [-0.2, 0) is 6.54 Å². The van der Waals surface area contributed by atoms with Crippen LogP contribution in [0, 0.1) is 0 Å². The first kappa shape index (κ1) is 13.0. The Morgan fingerprint density at radius 1 is 1.65 bits per heavy atom. The summed E-state index contributed by atoms with van der Waals surface area (Å²) in [4.78, 5) is 0. The van der Waals surface area contributed by atoms with Crippen LogP contribution in [-0.4, -0.2) is 26.8 Å². The van der Waals surface area contributed by atoms with E-state index < -0.39 is 0 Å². The smallest absolute Gasteiger partial charge is 0.0537 e. The van der Waals surface area contributed by atoms with Gasteiger partial charge in [-0.05, 0) is 39.4 Å². The van der Waals surface area contributed by atoms with Crippen molar-refractivity contribution >= 4 is 11.8 Å². The van der Waals surface area contributed by atoms with Crippen molar-refractivity contribution in [1.29, 1.82) is 0 Å². The number of thioether (sulfide) groups is 1. The van der Waals surface area contributed by atoms with Gasteiger partial charge in [0.1, 0.15) is 0 Å². The fourth-order valence-corrected chi connectivity index (χ4v) is 3.49. The van der Waals surface area contributed by atoms with Crippen LogP contribution in [0.4, 0.5) is 0 Å². The van der Waals surface area contributed by atoms with Crippen molar-refractivity contribution in [2.75, 3.05) is 12.3 Å². The lowest BCUT2D eigenvalue weighted by Gasteiger charge is -2.25. The van der Waals surface area contributed by atoms with Crippen molar-refractivity contribution < 1.29 is 0 Å². The van der Waals surface area contributed by atoms with Gasteiger partial charge < -0.3 is 5.32 Å². The van der Waals surface area contributed by atoms with E-state index in [2.05, 4.69) is 49.1 Å². The molecule has 1 aromatic rings. The maximum absolute atomic E-state index is 4.32. The first-order valence-corrected chi connectivity index (χ1v) is 7.51. The number of rotatable bonds is 5. The second kappa shape index (κ2) is 5.44. The Balaban J connectivity index is 1.86. The molecule has 0 aromatic carbocycles. The van der Waals surface area contributed by atoms with E-state index in [0.29, 0.717) is 10.8 Å². The van der Waals surface area contributed by atoms with Crippen LogP contribution in [0.1, 0.15) is 45.2 Å². The van der Waals surface area contributed by atoms with Crippen molar-refractivity contribution in [3.63, 3.8) is 0 Å². The molecule has 2 rings (SSSR count). The molecule has 0 bridgehead atoms. The molecule has 4 heteroatoms. The second-order valence-corrected chi connectivity index (χ2v) is 6.82. The molecule has 2 heterocycles. The average molecular weight is 253 g/mol. The summed E-state index contributed by atoms with van der Waals surface area (Å²) in [6.45, 7) is 8.75. The Bertz CT molecular complexity index is 355. The van der Waals surface area contributed by atoms with Crippen LogP contribution in [0.2, 0.25) is 0 Å². The fourth-order valence-electron chi connectivity index (χ4n) is 2.24. The molecule has 1 saturated heterocycles. The third kappa shape index (κ3) is 3.26. The number of hydrogen-bond donors (Lipinski definition) is 1. The number of nitrogens with one attached hydrogen (secondary N) is 1. The summed E-state index contributed by atoms with van der Waals surface area (Å²) >= 11 is 2.11. The monoisotopic (exact) mass is 253 g/mol. The molecule has 1 aromatic heterocycles. The zero-order valence-corrected chi connectivity index (χ0v) is 11.9. The molecule has 2 unspecified atom stereocenters. The molecule has 1 N–H and O–H groups in total. The lowest BCUT2D eigenvalue weighted by atomic mass is 10.0. The summed E-state index contributed by atoms with van der Waals surface area (Å²) < 4.78 is 2.43. The molecule has 2 atom stereocenters. The Hall–Kier alpha value is -0.480. The standard InChI is InChI=1S/C13H23N3S/c1-4-16-9-12(8-15-16)11(2)14-10-13(3)6-5-7-17-13/h8-9,11,14H,4-7,10H2,1-3H3. The van der Waals surface area contributed by atoms with E-state index in [9.17, 15) is 0 Å². The molecule has 1 aliphatic heterocycles. The fraction of sp³-hybridized carbons (Fsp3) is 0.769. The van der Waals surface area contributed by atoms with Gasteiger partial charge in [0, 0.05) is 35.6 Å². The maximum Gasteiger partial charge on any atom is 0.0537 e. The van der Waals surface area contributed by atoms with Crippen molar-refractivity contribution in [3.8, 4) is 0 Å². The first-order chi connectivity index (χ1) is 8.13. The molecule has 96 valence electrons. The van der Waals surface area contributed by atoms with Crippen LogP contribution < -0.4 is 5.32 Å². The summed E-state index contributed by atoms with van der Waals surface area (Å²) in [5, 5.41) is 7.97. The van der Waals surface area contributed by atoms with Crippen molar-refractivity contribution in [2.45, 2.75) is 50.9 Å². The number of aromatic nitrogens is 2. The predicted molar refractivity (Wildman–Crippen MR) is 74.4 cm³/mol. The normalized spacial score (nSPS) is 26.3. The van der Waals surface area contributed by atoms with Gasteiger partial charge in [0.15, 0.2) is 0 Å². The van der Waals surface area contributed by atoms with Crippen molar-refractivity contribution in [2.24, 2.45) is 0 Å². The summed E-state index contributed by atoms with van der Waals surface area (Å²) in [7, 11) is 0. The second-order valence-electron chi connectivity index (χ2n) is 5.13. The van der Waals surface area contributed by atoms with E-state index >= 15 is 0 Å². The van der Waals surface area contributed by atoms with E-state index in [-0.39, 0.29) is 0 Å². The quantitative estimate of drug-likeness (QED) is 0.875. The minimum absolute atomic E-state index is 0.397. The van der Waals surface area contributed by atoms with Gasteiger partial charge in [-0.3, -0.25) is 4.68 Å². The van der Waals surface area contributed by atoms with E-state index in [0.717, 1.165) is 13.1 Å². The Kier molecular flexibility index (Phi) is 4.15. The Morgan fingerprint density at radius 2 is 2.47 bits per heavy atom. The van der Waals surface area contributed by atoms with Crippen molar-refractivity contribution in [3.05, 3.63) is 18.0 Å². The van der Waals surface area contributed by atoms with Gasteiger partial charge in [-0.15, -0.1) is 0 Å². The van der Waals surface area contributed by atoms with Crippen molar-refractivity contribution in [1.82, 2.24) is 15.1 Å². The highest BCUT2D eigenvalue weighted by Crippen LogP contribution is 2.37. The van der Waals surface area contributed by atoms with Crippen LogP contribution in [0.3, 0.4) is 0 Å². The molecule has 3 nitrogen and oxygen atoms in total. The van der Waals surface area contributed by atoms with Crippen LogP contribution in [0.15, 0.2) is 12.4 Å². The summed E-state index contributed by atoms with van der Waals surface area (Å²) in [5.74, 6) is 1.32. The van der Waals surface area contributed by atoms with Gasteiger partial charge in [0.2, 0.25) is 0 Å². The summed E-state index contributed by atoms with van der Waals surface area (Å²) in [6, 6.07) is 0.397. The van der Waals surface area contributed by atoms with E-state index in [4.69, 9.17) is 0 Å². The van der Waals surface area contributed by atoms with Gasteiger partial charge in [-0.1, -0.05) is 0 Å². The van der Waals surface area contributed by atoms with E-state index in [1.165, 1.54) is 24.2 Å². The van der Waals surface area contributed by atoms with Gasteiger partial charge in [0.05, 0.1) is 6.20 Å². The molecular weight excluding hydrogens is 230 g/mol. The Labute approximate surface area is 108 Å². The van der Waals surface area contributed by atoms with Gasteiger partial charge >= 0.3 is 0 Å². The maximum atomic E-state index is 4.32. The predicted octanol–water partition coefficient (Wildman–Crippen LogP) is 2.84. The molecule has 1 fully saturated rings. The molecule has 0 amide bonds. The SMILES string of the molecule is CCn1cc(C(C)NCC2(C)CCCS2)cn1. The van der Waals surface area contributed by atoms with E-state index in [1.54, 1.807) is 0 Å². The minimum atomic E-state index is 0.397. The van der Waals surface area contributed by atoms with Crippen LogP contribution in [0.5, 0.6) is 0 Å². The van der Waals surface area contributed by atoms with Gasteiger partial charge in [0.25, 0.3) is 0 Å². The first-order valence-electron chi connectivity index (χ1n) is 6.53. The van der Waals surface area contributed by atoms with Crippen LogP contribution in [0.25, 0.3) is 0 Å². The van der Waals surface area contributed by atoms with Gasteiger partial charge in [-0.2, -0.15) is 16.9 Å². The summed E-state index contributed by atoms with van der Waals surface area (Å²) in [5.41, 5.74) is 1.29. The number of aryl methyl sites for hydroxylation is 1. The highest BCUT2D eigenvalue weighted by molar-refractivity contribution is 8.00. The lowest BCUT2D eigenvalue weighted by molar-refractivity contribution is 0.490. The number of hydrogen-bond acceptors (Lipinski definition) is 3. The molecule has 0 radical (unpaired) electrons. The largest absolute Gasteiger partial charge is 0.309 e. The molecule has 0 aliphatic carbocycles. The van der Waals surface area contributed by atoms with Crippen LogP contribution >= 0.6 is 11.8 Å². The summed E-state index contributed by atoms with van der Waals surface area (Å²) in [6.07, 6.45) is 6.82. The molecular formula is C13H23N3S. The third-order valence-corrected chi connectivity index (χ3v) is 5.10. The zero-order valence-electron chi connectivity index (χ0n) is 11.1. The van der Waals surface area contributed by atoms with E-state index in [1.807, 2.05) is 10.9 Å². The topological polar surface area (TPSA) is 29.9 Å². The minimum Gasteiger partial charge on any atom is -0.309 e. The molecule has 0 saturated carbocycles.